The number of ether oxygens (including phenoxy) is 2. The van der Waals surface area contributed by atoms with Crippen molar-refractivity contribution in [1.29, 1.82) is 0 Å². The van der Waals surface area contributed by atoms with Gasteiger partial charge >= 0.3 is 0 Å². The molecule has 0 N–H and O–H groups in total. The van der Waals surface area contributed by atoms with Gasteiger partial charge in [-0.25, -0.2) is 0 Å². The lowest BCUT2D eigenvalue weighted by atomic mass is 10.0. The Morgan fingerprint density at radius 3 is 2.55 bits per heavy atom. The molecule has 0 spiro atoms. The van der Waals surface area contributed by atoms with Gasteiger partial charge in [0.25, 0.3) is 0 Å². The van der Waals surface area contributed by atoms with Crippen LogP contribution in [-0.2, 0) is 11.2 Å². The molecule has 0 radical (unpaired) electrons. The van der Waals surface area contributed by atoms with Crippen LogP contribution in [0.2, 0.25) is 0 Å². The minimum atomic E-state index is -0.0291. The number of hydrogen-bond donors (Lipinski definition) is 0. The zero-order valence-electron chi connectivity index (χ0n) is 11.9. The number of benzene rings is 1. The van der Waals surface area contributed by atoms with E-state index in [1.165, 1.54) is 0 Å². The van der Waals surface area contributed by atoms with Crippen molar-refractivity contribution >= 4 is 23.6 Å². The molecule has 5 heteroatoms. The fourth-order valence-electron chi connectivity index (χ4n) is 2.21. The van der Waals surface area contributed by atoms with Crippen LogP contribution in [0.25, 0.3) is 6.08 Å². The van der Waals surface area contributed by atoms with Crippen LogP contribution in [0, 0.1) is 0 Å². The number of alkyl halides is 1. The van der Waals surface area contributed by atoms with Crippen molar-refractivity contribution in [1.82, 2.24) is 4.90 Å². The van der Waals surface area contributed by atoms with Gasteiger partial charge in [-0.1, -0.05) is 0 Å². The number of fused-ring (bicyclic) bond motifs is 1. The molecule has 0 saturated carbocycles. The topological polar surface area (TPSA) is 38.8 Å². The molecule has 20 heavy (non-hydrogen) atoms. The molecule has 108 valence electrons. The molecule has 1 aliphatic heterocycles. The Morgan fingerprint density at radius 2 is 1.95 bits per heavy atom. The summed E-state index contributed by atoms with van der Waals surface area (Å²) in [5.41, 5.74) is 1.88. The second-order valence-electron chi connectivity index (χ2n) is 4.70. The third-order valence-corrected chi connectivity index (χ3v) is 3.83. The van der Waals surface area contributed by atoms with Crippen LogP contribution in [0.15, 0.2) is 18.3 Å². The predicted octanol–water partition coefficient (Wildman–Crippen LogP) is 2.69. The average molecular weight is 296 g/mol. The molecular formula is C15H18ClNO3. The number of halogens is 1. The van der Waals surface area contributed by atoms with E-state index in [-0.39, 0.29) is 11.9 Å². The minimum absolute atomic E-state index is 0.0281. The van der Waals surface area contributed by atoms with Crippen LogP contribution in [0.1, 0.15) is 18.1 Å². The molecule has 0 fully saturated rings. The van der Waals surface area contributed by atoms with Crippen LogP contribution in [-0.4, -0.2) is 36.9 Å². The summed E-state index contributed by atoms with van der Waals surface area (Å²) >= 11 is 5.84. The molecule has 1 atom stereocenters. The highest BCUT2D eigenvalue weighted by Crippen LogP contribution is 2.32. The van der Waals surface area contributed by atoms with Crippen molar-refractivity contribution < 1.29 is 14.3 Å². The zero-order valence-corrected chi connectivity index (χ0v) is 12.6. The molecular weight excluding hydrogens is 278 g/mol. The zero-order chi connectivity index (χ0) is 14.7. The molecule has 0 aliphatic carbocycles. The first-order valence-electron chi connectivity index (χ1n) is 6.41. The molecule has 4 nitrogen and oxygen atoms in total. The van der Waals surface area contributed by atoms with E-state index >= 15 is 0 Å². The van der Waals surface area contributed by atoms with E-state index in [9.17, 15) is 4.79 Å². The number of hydrogen-bond acceptors (Lipinski definition) is 3. The number of carbonyl (C=O) groups is 1. The second kappa shape index (κ2) is 6.18. The summed E-state index contributed by atoms with van der Waals surface area (Å²) in [6, 6.07) is 3.71. The molecule has 1 aromatic rings. The van der Waals surface area contributed by atoms with E-state index < -0.39 is 0 Å². The highest BCUT2D eigenvalue weighted by Gasteiger charge is 2.22. The predicted molar refractivity (Wildman–Crippen MR) is 79.3 cm³/mol. The summed E-state index contributed by atoms with van der Waals surface area (Å²) in [5, 5.41) is 0. The monoisotopic (exact) mass is 295 g/mol. The van der Waals surface area contributed by atoms with E-state index in [2.05, 4.69) is 0 Å². The molecule has 1 amide bonds. The summed E-state index contributed by atoms with van der Waals surface area (Å²) in [6.45, 7) is 1.92. The summed E-state index contributed by atoms with van der Waals surface area (Å²) in [5.74, 6) is 1.72. The highest BCUT2D eigenvalue weighted by atomic mass is 35.5. The first-order valence-corrected chi connectivity index (χ1v) is 6.94. The highest BCUT2D eigenvalue weighted by molar-refractivity contribution is 6.18. The summed E-state index contributed by atoms with van der Waals surface area (Å²) < 4.78 is 10.6. The Bertz CT molecular complexity index is 542. The number of methoxy groups -OCH3 is 2. The van der Waals surface area contributed by atoms with Crippen molar-refractivity contribution in [2.24, 2.45) is 0 Å². The van der Waals surface area contributed by atoms with E-state index in [1.807, 2.05) is 25.1 Å². The first kappa shape index (κ1) is 14.7. The van der Waals surface area contributed by atoms with Gasteiger partial charge in [-0.3, -0.25) is 4.79 Å². The fourth-order valence-corrected chi connectivity index (χ4v) is 2.36. The van der Waals surface area contributed by atoms with E-state index in [0.717, 1.165) is 11.1 Å². The third-order valence-electron chi connectivity index (χ3n) is 3.39. The maximum atomic E-state index is 12.3. The maximum absolute atomic E-state index is 12.3. The van der Waals surface area contributed by atoms with Gasteiger partial charge < -0.3 is 14.4 Å². The Hall–Kier alpha value is -1.68. The Kier molecular flexibility index (Phi) is 4.55. The van der Waals surface area contributed by atoms with Crippen molar-refractivity contribution in [3.63, 3.8) is 0 Å². The number of rotatable bonds is 4. The molecule has 0 bridgehead atoms. The molecule has 2 rings (SSSR count). The molecule has 1 aliphatic rings. The fraction of sp³-hybridized carbons (Fsp3) is 0.400. The van der Waals surface area contributed by atoms with Gasteiger partial charge in [0, 0.05) is 18.1 Å². The lowest BCUT2D eigenvalue weighted by molar-refractivity contribution is -0.129. The second-order valence-corrected chi connectivity index (χ2v) is 5.01. The lowest BCUT2D eigenvalue weighted by Crippen LogP contribution is -2.35. The Balaban J connectivity index is 2.41. The minimum Gasteiger partial charge on any atom is -0.493 e. The maximum Gasteiger partial charge on any atom is 0.231 e. The molecule has 0 aromatic heterocycles. The molecule has 1 heterocycles. The molecule has 1 aromatic carbocycles. The normalized spacial score (nSPS) is 15.6. The van der Waals surface area contributed by atoms with Gasteiger partial charge in [-0.2, -0.15) is 0 Å². The van der Waals surface area contributed by atoms with E-state index in [0.29, 0.717) is 23.8 Å². The quantitative estimate of drug-likeness (QED) is 0.802. The lowest BCUT2D eigenvalue weighted by Gasteiger charge is -2.23. The standard InChI is InChI=1S/C15H18ClNO3/c1-10(9-16)17-5-4-11-6-13(19-2)14(20-3)7-12(11)8-15(17)18/h4-7,10H,8-9H2,1-3H3. The summed E-state index contributed by atoms with van der Waals surface area (Å²) in [7, 11) is 3.18. The van der Waals surface area contributed by atoms with Crippen LogP contribution in [0.4, 0.5) is 0 Å². The molecule has 0 saturated heterocycles. The molecule has 1 unspecified atom stereocenters. The Labute approximate surface area is 123 Å². The van der Waals surface area contributed by atoms with Crippen LogP contribution in [0.5, 0.6) is 11.5 Å². The van der Waals surface area contributed by atoms with Gasteiger partial charge in [-0.15, -0.1) is 11.6 Å². The number of carbonyl (C=O) groups excluding carboxylic acids is 1. The first-order chi connectivity index (χ1) is 9.60. The van der Waals surface area contributed by atoms with Gasteiger partial charge in [0.1, 0.15) is 0 Å². The Morgan fingerprint density at radius 1 is 1.30 bits per heavy atom. The van der Waals surface area contributed by atoms with Gasteiger partial charge in [0.05, 0.1) is 20.6 Å². The smallest absolute Gasteiger partial charge is 0.231 e. The number of amides is 1. The average Bonchev–Trinajstić information content (AvgIpc) is 2.62. The van der Waals surface area contributed by atoms with Crippen LogP contribution in [0.3, 0.4) is 0 Å². The van der Waals surface area contributed by atoms with Crippen molar-refractivity contribution in [3.8, 4) is 11.5 Å². The van der Waals surface area contributed by atoms with Crippen molar-refractivity contribution in [3.05, 3.63) is 29.5 Å². The van der Waals surface area contributed by atoms with Gasteiger partial charge in [0.15, 0.2) is 11.5 Å². The number of nitrogens with zero attached hydrogens (tertiary/aromatic N) is 1. The van der Waals surface area contributed by atoms with E-state index in [4.69, 9.17) is 21.1 Å². The van der Waals surface area contributed by atoms with Gasteiger partial charge in [0.2, 0.25) is 5.91 Å². The van der Waals surface area contributed by atoms with Crippen LogP contribution < -0.4 is 9.47 Å². The SMILES string of the molecule is COc1cc2c(cc1OC)CC(=O)N(C(C)CCl)C=C2. The van der Waals surface area contributed by atoms with Gasteiger partial charge in [-0.05, 0) is 36.3 Å². The largest absolute Gasteiger partial charge is 0.493 e. The summed E-state index contributed by atoms with van der Waals surface area (Å²) in [6.07, 6.45) is 4.02. The van der Waals surface area contributed by atoms with E-state index in [1.54, 1.807) is 25.3 Å². The van der Waals surface area contributed by atoms with Crippen molar-refractivity contribution in [2.45, 2.75) is 19.4 Å². The van der Waals surface area contributed by atoms with Crippen LogP contribution >= 0.6 is 11.6 Å². The van der Waals surface area contributed by atoms with Crippen molar-refractivity contribution in [2.75, 3.05) is 20.1 Å². The summed E-state index contributed by atoms with van der Waals surface area (Å²) in [4.78, 5) is 13.9. The third kappa shape index (κ3) is 2.75.